The van der Waals surface area contributed by atoms with Crippen molar-refractivity contribution in [1.82, 2.24) is 0 Å². The number of imide groups is 1. The molecule has 11 nitrogen and oxygen atoms in total. The highest BCUT2D eigenvalue weighted by molar-refractivity contribution is 6.35. The first-order chi connectivity index (χ1) is 15.8. The maximum absolute atomic E-state index is 12.8. The third kappa shape index (κ3) is 3.78. The number of hydrogen-bond acceptors (Lipinski definition) is 8. The van der Waals surface area contributed by atoms with E-state index in [0.29, 0.717) is 0 Å². The van der Waals surface area contributed by atoms with Gasteiger partial charge in [0.05, 0.1) is 32.2 Å². The fourth-order valence-corrected chi connectivity index (χ4v) is 3.46. The topological polar surface area (TPSA) is 150 Å². The number of amides is 2. The van der Waals surface area contributed by atoms with E-state index in [9.17, 15) is 34.6 Å². The van der Waals surface area contributed by atoms with Gasteiger partial charge < -0.3 is 4.74 Å². The number of nitro groups is 2. The van der Waals surface area contributed by atoms with Gasteiger partial charge in [0.25, 0.3) is 23.2 Å². The predicted molar refractivity (Wildman–Crippen MR) is 113 cm³/mol. The smallest absolute Gasteiger partial charge is 0.338 e. The van der Waals surface area contributed by atoms with Crippen molar-refractivity contribution < 1.29 is 29.0 Å². The van der Waals surface area contributed by atoms with Gasteiger partial charge in [0.1, 0.15) is 12.2 Å². The second kappa shape index (κ2) is 8.30. The number of esters is 1. The van der Waals surface area contributed by atoms with E-state index in [4.69, 9.17) is 4.74 Å². The molecule has 1 aliphatic rings. The van der Waals surface area contributed by atoms with Crippen molar-refractivity contribution in [3.8, 4) is 0 Å². The lowest BCUT2D eigenvalue weighted by Crippen LogP contribution is -2.29. The zero-order chi connectivity index (χ0) is 23.7. The van der Waals surface area contributed by atoms with E-state index in [2.05, 4.69) is 0 Å². The van der Waals surface area contributed by atoms with Gasteiger partial charge in [-0.1, -0.05) is 24.3 Å². The van der Waals surface area contributed by atoms with Crippen molar-refractivity contribution in [2.24, 2.45) is 0 Å². The van der Waals surface area contributed by atoms with Crippen molar-refractivity contribution in [2.45, 2.75) is 6.61 Å². The third-order valence-corrected chi connectivity index (χ3v) is 4.98. The molecule has 2 amide bonds. The van der Waals surface area contributed by atoms with Crippen LogP contribution < -0.4 is 4.90 Å². The molecule has 0 aliphatic carbocycles. The molecule has 0 radical (unpaired) electrons. The van der Waals surface area contributed by atoms with Crippen molar-refractivity contribution in [1.29, 1.82) is 0 Å². The average Bonchev–Trinajstić information content (AvgIpc) is 3.07. The highest BCUT2D eigenvalue weighted by Gasteiger charge is 2.41. The SMILES string of the molecule is O=C(OCc1ccccc1[N+](=O)[O-])c1cccc(N2C(=O)c3cccc([N+](=O)[O-])c3C2=O)c1. The number of benzene rings is 3. The van der Waals surface area contributed by atoms with Crippen LogP contribution in [0.4, 0.5) is 17.1 Å². The summed E-state index contributed by atoms with van der Waals surface area (Å²) in [5.41, 5.74) is -0.928. The van der Waals surface area contributed by atoms with Crippen molar-refractivity contribution in [3.63, 3.8) is 0 Å². The number of hydrogen-bond donors (Lipinski definition) is 0. The van der Waals surface area contributed by atoms with Crippen LogP contribution in [0.3, 0.4) is 0 Å². The molecule has 164 valence electrons. The molecule has 0 spiro atoms. The van der Waals surface area contributed by atoms with Crippen LogP contribution >= 0.6 is 0 Å². The van der Waals surface area contributed by atoms with Crippen LogP contribution in [0.1, 0.15) is 36.6 Å². The highest BCUT2D eigenvalue weighted by atomic mass is 16.6. The van der Waals surface area contributed by atoms with Crippen LogP contribution in [0, 0.1) is 20.2 Å². The lowest BCUT2D eigenvalue weighted by molar-refractivity contribution is -0.385. The molecule has 3 aromatic carbocycles. The fraction of sp³-hybridized carbons (Fsp3) is 0.0455. The van der Waals surface area contributed by atoms with E-state index in [1.807, 2.05) is 0 Å². The average molecular weight is 447 g/mol. The number of carbonyl (C=O) groups is 3. The molecular weight excluding hydrogens is 434 g/mol. The van der Waals surface area contributed by atoms with E-state index >= 15 is 0 Å². The quantitative estimate of drug-likeness (QED) is 0.240. The number of para-hydroxylation sites is 1. The van der Waals surface area contributed by atoms with E-state index in [1.165, 1.54) is 54.6 Å². The maximum atomic E-state index is 12.8. The van der Waals surface area contributed by atoms with Gasteiger partial charge in [-0.05, 0) is 30.3 Å². The summed E-state index contributed by atoms with van der Waals surface area (Å²) in [5, 5.41) is 22.4. The van der Waals surface area contributed by atoms with Crippen LogP contribution in [0.15, 0.2) is 66.7 Å². The minimum atomic E-state index is -0.882. The fourth-order valence-electron chi connectivity index (χ4n) is 3.46. The Morgan fingerprint density at radius 3 is 2.24 bits per heavy atom. The van der Waals surface area contributed by atoms with E-state index in [0.717, 1.165) is 11.0 Å². The van der Waals surface area contributed by atoms with Gasteiger partial charge >= 0.3 is 5.97 Å². The first-order valence-corrected chi connectivity index (χ1v) is 9.45. The molecular formula is C22H13N3O8. The monoisotopic (exact) mass is 447 g/mol. The first-order valence-electron chi connectivity index (χ1n) is 9.45. The molecule has 0 atom stereocenters. The second-order valence-electron chi connectivity index (χ2n) is 6.91. The van der Waals surface area contributed by atoms with Gasteiger partial charge in [-0.2, -0.15) is 0 Å². The maximum Gasteiger partial charge on any atom is 0.338 e. The molecule has 1 aliphatic heterocycles. The van der Waals surface area contributed by atoms with Crippen molar-refractivity contribution in [3.05, 3.63) is 109 Å². The van der Waals surface area contributed by atoms with E-state index in [-0.39, 0.29) is 40.2 Å². The number of anilines is 1. The lowest BCUT2D eigenvalue weighted by Gasteiger charge is -2.14. The predicted octanol–water partition coefficient (Wildman–Crippen LogP) is 3.66. The number of rotatable bonds is 6. The minimum absolute atomic E-state index is 0.0165. The molecule has 0 fully saturated rings. The third-order valence-electron chi connectivity index (χ3n) is 4.98. The summed E-state index contributed by atoms with van der Waals surface area (Å²) in [5.74, 6) is -2.48. The van der Waals surface area contributed by atoms with Crippen LogP contribution in [-0.2, 0) is 11.3 Å². The van der Waals surface area contributed by atoms with Gasteiger partial charge in [-0.25, -0.2) is 9.69 Å². The summed E-state index contributed by atoms with van der Waals surface area (Å²) >= 11 is 0. The zero-order valence-corrected chi connectivity index (χ0v) is 16.7. The molecule has 0 bridgehead atoms. The Balaban J connectivity index is 1.59. The van der Waals surface area contributed by atoms with Gasteiger partial charge in [0, 0.05) is 12.1 Å². The summed E-state index contributed by atoms with van der Waals surface area (Å²) in [7, 11) is 0. The number of fused-ring (bicyclic) bond motifs is 1. The van der Waals surface area contributed by atoms with Gasteiger partial charge in [-0.3, -0.25) is 29.8 Å². The molecule has 11 heteroatoms. The molecule has 0 saturated heterocycles. The summed E-state index contributed by atoms with van der Waals surface area (Å²) < 4.78 is 5.17. The van der Waals surface area contributed by atoms with E-state index in [1.54, 1.807) is 6.07 Å². The van der Waals surface area contributed by atoms with Gasteiger partial charge in [0.15, 0.2) is 0 Å². The summed E-state index contributed by atoms with van der Waals surface area (Å²) in [6, 6.07) is 15.0. The zero-order valence-electron chi connectivity index (χ0n) is 16.7. The highest BCUT2D eigenvalue weighted by Crippen LogP contribution is 2.34. The Kier molecular flexibility index (Phi) is 5.36. The number of nitro benzene ring substituents is 2. The molecule has 0 unspecified atom stereocenters. The number of carbonyl (C=O) groups excluding carboxylic acids is 3. The molecule has 0 saturated carbocycles. The standard InChI is InChI=1S/C22H13N3O8/c26-20-16-8-4-10-18(25(31)32)19(16)21(27)23(20)15-7-3-6-13(11-15)22(28)33-12-14-5-1-2-9-17(14)24(29)30/h1-11H,12H2. The van der Waals surface area contributed by atoms with Crippen molar-refractivity contribution >= 4 is 34.8 Å². The molecule has 33 heavy (non-hydrogen) atoms. The van der Waals surface area contributed by atoms with Crippen LogP contribution in [0.25, 0.3) is 0 Å². The Morgan fingerprint density at radius 1 is 0.848 bits per heavy atom. The minimum Gasteiger partial charge on any atom is -0.457 e. The molecule has 3 aromatic rings. The molecule has 0 N–H and O–H groups in total. The summed E-state index contributed by atoms with van der Waals surface area (Å²) in [6.45, 7) is -0.362. The molecule has 1 heterocycles. The largest absolute Gasteiger partial charge is 0.457 e. The van der Waals surface area contributed by atoms with Crippen LogP contribution in [0.2, 0.25) is 0 Å². The normalized spacial score (nSPS) is 12.4. The molecule has 0 aromatic heterocycles. The van der Waals surface area contributed by atoms with Gasteiger partial charge in [-0.15, -0.1) is 0 Å². The van der Waals surface area contributed by atoms with Crippen LogP contribution in [0.5, 0.6) is 0 Å². The van der Waals surface area contributed by atoms with E-state index < -0.39 is 33.3 Å². The molecule has 4 rings (SSSR count). The Morgan fingerprint density at radius 2 is 1.52 bits per heavy atom. The Hall–Kier alpha value is -4.93. The Labute approximate surface area is 185 Å². The first kappa shape index (κ1) is 21.3. The number of ether oxygens (including phenoxy) is 1. The summed E-state index contributed by atoms with van der Waals surface area (Å²) in [4.78, 5) is 59.9. The van der Waals surface area contributed by atoms with Crippen LogP contribution in [-0.4, -0.2) is 27.6 Å². The second-order valence-corrected chi connectivity index (χ2v) is 6.91. The van der Waals surface area contributed by atoms with Crippen molar-refractivity contribution in [2.75, 3.05) is 4.90 Å². The number of nitrogens with zero attached hydrogens (tertiary/aromatic N) is 3. The Bertz CT molecular complexity index is 1350. The summed E-state index contributed by atoms with van der Waals surface area (Å²) in [6.07, 6.45) is 0. The lowest BCUT2D eigenvalue weighted by atomic mass is 10.1. The van der Waals surface area contributed by atoms with Gasteiger partial charge in [0.2, 0.25) is 0 Å².